The van der Waals surface area contributed by atoms with Crippen molar-refractivity contribution in [3.05, 3.63) is 125 Å². The van der Waals surface area contributed by atoms with E-state index in [2.05, 4.69) is 10.6 Å². The molecule has 4 aromatic rings. The van der Waals surface area contributed by atoms with E-state index in [1.54, 1.807) is 67.6 Å². The number of nitrogens with one attached hydrogen (secondary N) is 2. The predicted octanol–water partition coefficient (Wildman–Crippen LogP) is 5.97. The summed E-state index contributed by atoms with van der Waals surface area (Å²) in [6.45, 7) is 3.07. The number of rotatable bonds is 9. The second kappa shape index (κ2) is 12.1. The van der Waals surface area contributed by atoms with Gasteiger partial charge in [-0.05, 0) is 67.4 Å². The van der Waals surface area contributed by atoms with Crippen LogP contribution in [0.2, 0.25) is 5.02 Å². The molecule has 7 nitrogen and oxygen atoms in total. The van der Waals surface area contributed by atoms with Crippen molar-refractivity contribution in [1.29, 1.82) is 0 Å². The molecule has 2 N–H and O–H groups in total. The van der Waals surface area contributed by atoms with Gasteiger partial charge in [0.25, 0.3) is 15.9 Å². The van der Waals surface area contributed by atoms with E-state index in [9.17, 15) is 18.0 Å². The summed E-state index contributed by atoms with van der Waals surface area (Å²) in [6, 6.07) is 28.5. The van der Waals surface area contributed by atoms with Crippen molar-refractivity contribution in [2.45, 2.75) is 24.8 Å². The Morgan fingerprint density at radius 1 is 0.872 bits per heavy atom. The van der Waals surface area contributed by atoms with Crippen LogP contribution in [0.4, 0.5) is 11.4 Å². The van der Waals surface area contributed by atoms with Crippen LogP contribution in [-0.2, 0) is 14.8 Å². The van der Waals surface area contributed by atoms with Crippen LogP contribution in [0.5, 0.6) is 0 Å². The van der Waals surface area contributed by atoms with Gasteiger partial charge in [0.15, 0.2) is 0 Å². The van der Waals surface area contributed by atoms with Crippen molar-refractivity contribution in [3.8, 4) is 0 Å². The second-order valence-electron chi connectivity index (χ2n) is 8.96. The lowest BCUT2D eigenvalue weighted by Crippen LogP contribution is -2.39. The van der Waals surface area contributed by atoms with Gasteiger partial charge in [-0.3, -0.25) is 13.9 Å². The van der Waals surface area contributed by atoms with E-state index in [-0.39, 0.29) is 28.1 Å². The highest BCUT2D eigenvalue weighted by Gasteiger charge is 2.29. The molecule has 2 amide bonds. The molecule has 0 radical (unpaired) electrons. The zero-order valence-electron chi connectivity index (χ0n) is 21.5. The van der Waals surface area contributed by atoms with E-state index in [0.29, 0.717) is 16.3 Å². The third kappa shape index (κ3) is 6.66. The molecule has 0 aliphatic carbocycles. The van der Waals surface area contributed by atoms with Crippen LogP contribution in [-0.4, -0.2) is 26.8 Å². The molecule has 0 aromatic heterocycles. The number of carbonyl (C=O) groups is 2. The number of aryl methyl sites for hydroxylation is 1. The number of nitrogens with zero attached hydrogens (tertiary/aromatic N) is 1. The van der Waals surface area contributed by atoms with E-state index < -0.39 is 22.5 Å². The first-order valence-electron chi connectivity index (χ1n) is 12.3. The first-order valence-corrected chi connectivity index (χ1v) is 14.1. The molecule has 0 heterocycles. The van der Waals surface area contributed by atoms with Gasteiger partial charge in [0, 0.05) is 5.02 Å². The van der Waals surface area contributed by atoms with Gasteiger partial charge in [0.2, 0.25) is 5.91 Å². The highest BCUT2D eigenvalue weighted by Crippen LogP contribution is 2.29. The molecule has 0 saturated heterocycles. The zero-order chi connectivity index (χ0) is 28.0. The van der Waals surface area contributed by atoms with Crippen LogP contribution in [0, 0.1) is 6.92 Å². The number of amides is 2. The lowest BCUT2D eigenvalue weighted by Gasteiger charge is -2.26. The smallest absolute Gasteiger partial charge is 0.264 e. The van der Waals surface area contributed by atoms with Crippen molar-refractivity contribution in [3.63, 3.8) is 0 Å². The van der Waals surface area contributed by atoms with Crippen molar-refractivity contribution >= 4 is 44.8 Å². The number of sulfonamides is 1. The van der Waals surface area contributed by atoms with Crippen LogP contribution < -0.4 is 14.9 Å². The summed E-state index contributed by atoms with van der Waals surface area (Å²) >= 11 is 6.10. The zero-order valence-corrected chi connectivity index (χ0v) is 23.0. The minimum Gasteiger partial charge on any atom is -0.345 e. The Hall–Kier alpha value is -4.14. The molecular formula is C30H28ClN3O4S. The van der Waals surface area contributed by atoms with Crippen molar-refractivity contribution in [2.24, 2.45) is 0 Å². The van der Waals surface area contributed by atoms with E-state index in [1.165, 1.54) is 12.1 Å². The Kier molecular flexibility index (Phi) is 8.69. The van der Waals surface area contributed by atoms with Gasteiger partial charge in [-0.2, -0.15) is 0 Å². The standard InChI is InChI=1S/C30H28ClN3O4S/c1-21-19-24(31)17-18-28(21)34(39(37,38)25-13-7-4-8-14-25)20-29(35)33-27-16-10-9-15-26(27)30(36)32-22(2)23-11-5-3-6-12-23/h3-19,22H,20H2,1-2H3,(H,32,36)(H,33,35)/t22-/m1/s1. The number of hydrogen-bond donors (Lipinski definition) is 2. The number of para-hydroxylation sites is 1. The average Bonchev–Trinajstić information content (AvgIpc) is 2.93. The first kappa shape index (κ1) is 27.9. The minimum atomic E-state index is -4.10. The molecule has 4 aromatic carbocycles. The van der Waals surface area contributed by atoms with Crippen LogP contribution in [0.25, 0.3) is 0 Å². The Balaban J connectivity index is 1.60. The Morgan fingerprint density at radius 3 is 2.15 bits per heavy atom. The Bertz CT molecular complexity index is 1580. The van der Waals surface area contributed by atoms with Crippen LogP contribution in [0.1, 0.15) is 34.5 Å². The van der Waals surface area contributed by atoms with Gasteiger partial charge in [-0.15, -0.1) is 0 Å². The van der Waals surface area contributed by atoms with Crippen LogP contribution in [0.3, 0.4) is 0 Å². The molecule has 1 atom stereocenters. The van der Waals surface area contributed by atoms with Crippen molar-refractivity contribution in [1.82, 2.24) is 5.32 Å². The normalized spacial score (nSPS) is 11.9. The van der Waals surface area contributed by atoms with Gasteiger partial charge in [0.1, 0.15) is 6.54 Å². The summed E-state index contributed by atoms with van der Waals surface area (Å²) in [7, 11) is -4.10. The molecule has 0 spiro atoms. The lowest BCUT2D eigenvalue weighted by atomic mass is 10.1. The third-order valence-electron chi connectivity index (χ3n) is 6.14. The van der Waals surface area contributed by atoms with Crippen molar-refractivity contribution in [2.75, 3.05) is 16.2 Å². The summed E-state index contributed by atoms with van der Waals surface area (Å²) in [6.07, 6.45) is 0. The highest BCUT2D eigenvalue weighted by molar-refractivity contribution is 7.92. The maximum absolute atomic E-state index is 13.6. The largest absolute Gasteiger partial charge is 0.345 e. The summed E-state index contributed by atoms with van der Waals surface area (Å²) in [5.74, 6) is -0.982. The molecular weight excluding hydrogens is 534 g/mol. The molecule has 39 heavy (non-hydrogen) atoms. The fraction of sp³-hybridized carbons (Fsp3) is 0.133. The van der Waals surface area contributed by atoms with Crippen LogP contribution >= 0.6 is 11.6 Å². The van der Waals surface area contributed by atoms with E-state index in [0.717, 1.165) is 9.87 Å². The van der Waals surface area contributed by atoms with Gasteiger partial charge < -0.3 is 10.6 Å². The van der Waals surface area contributed by atoms with E-state index in [1.807, 2.05) is 37.3 Å². The molecule has 0 saturated carbocycles. The van der Waals surface area contributed by atoms with Gasteiger partial charge >= 0.3 is 0 Å². The first-order chi connectivity index (χ1) is 18.7. The molecule has 4 rings (SSSR count). The molecule has 0 unspecified atom stereocenters. The van der Waals surface area contributed by atoms with E-state index in [4.69, 9.17) is 11.6 Å². The predicted molar refractivity (Wildman–Crippen MR) is 155 cm³/mol. The number of anilines is 2. The average molecular weight is 562 g/mol. The Morgan fingerprint density at radius 2 is 1.49 bits per heavy atom. The lowest BCUT2D eigenvalue weighted by molar-refractivity contribution is -0.114. The maximum Gasteiger partial charge on any atom is 0.264 e. The molecule has 9 heteroatoms. The SMILES string of the molecule is Cc1cc(Cl)ccc1N(CC(=O)Nc1ccccc1C(=O)N[C@H](C)c1ccccc1)S(=O)(=O)c1ccccc1. The maximum atomic E-state index is 13.6. The topological polar surface area (TPSA) is 95.6 Å². The van der Waals surface area contributed by atoms with E-state index >= 15 is 0 Å². The summed E-state index contributed by atoms with van der Waals surface area (Å²) in [4.78, 5) is 26.5. The molecule has 0 bridgehead atoms. The monoisotopic (exact) mass is 561 g/mol. The molecule has 0 aliphatic rings. The highest BCUT2D eigenvalue weighted by atomic mass is 35.5. The molecule has 0 fully saturated rings. The number of carbonyl (C=O) groups excluding carboxylic acids is 2. The fourth-order valence-electron chi connectivity index (χ4n) is 4.13. The molecule has 0 aliphatic heterocycles. The number of hydrogen-bond acceptors (Lipinski definition) is 4. The van der Waals surface area contributed by atoms with Crippen molar-refractivity contribution < 1.29 is 18.0 Å². The van der Waals surface area contributed by atoms with Gasteiger partial charge in [0.05, 0.1) is 27.9 Å². The summed E-state index contributed by atoms with van der Waals surface area (Å²) < 4.78 is 28.3. The van der Waals surface area contributed by atoms with Gasteiger partial charge in [-0.1, -0.05) is 72.3 Å². The number of benzene rings is 4. The molecule has 200 valence electrons. The van der Waals surface area contributed by atoms with Gasteiger partial charge in [-0.25, -0.2) is 8.42 Å². The fourth-order valence-corrected chi connectivity index (χ4v) is 5.86. The summed E-state index contributed by atoms with van der Waals surface area (Å²) in [5.41, 5.74) is 2.37. The third-order valence-corrected chi connectivity index (χ3v) is 8.15. The summed E-state index contributed by atoms with van der Waals surface area (Å²) in [5, 5.41) is 6.12. The minimum absolute atomic E-state index is 0.0434. The van der Waals surface area contributed by atoms with Crippen LogP contribution in [0.15, 0.2) is 108 Å². The quantitative estimate of drug-likeness (QED) is 0.263. The Labute approximate surface area is 233 Å². The number of halogens is 1. The second-order valence-corrected chi connectivity index (χ2v) is 11.3.